The molecule has 1 aromatic heterocycles. The van der Waals surface area contributed by atoms with Gasteiger partial charge < -0.3 is 5.11 Å². The summed E-state index contributed by atoms with van der Waals surface area (Å²) in [5.74, 6) is -1.85. The maximum absolute atomic E-state index is 12.1. The average molecular weight is 208 g/mol. The van der Waals surface area contributed by atoms with Crippen molar-refractivity contribution < 1.29 is 23.1 Å². The van der Waals surface area contributed by atoms with Crippen LogP contribution in [-0.4, -0.2) is 21.3 Å². The van der Waals surface area contributed by atoms with E-state index in [4.69, 9.17) is 5.11 Å². The molecule has 0 unspecified atom stereocenters. The lowest BCUT2D eigenvalue weighted by molar-refractivity contribution is -0.142. The van der Waals surface area contributed by atoms with E-state index in [1.54, 1.807) is 0 Å². The number of hydrogen-bond acceptors (Lipinski definition) is 3. The molecule has 8 heteroatoms. The van der Waals surface area contributed by atoms with Gasteiger partial charge in [0.15, 0.2) is 5.69 Å². The van der Waals surface area contributed by atoms with Gasteiger partial charge in [-0.05, 0) is 0 Å². The molecule has 0 atom stereocenters. The third-order valence-corrected chi connectivity index (χ3v) is 1.31. The van der Waals surface area contributed by atoms with Crippen molar-refractivity contribution in [1.82, 2.24) is 10.2 Å². The zero-order valence-electron chi connectivity index (χ0n) is 6.42. The first-order valence-corrected chi connectivity index (χ1v) is 3.22. The molecule has 2 N–H and O–H groups in total. The summed E-state index contributed by atoms with van der Waals surface area (Å²) in [6.45, 7) is 0. The van der Waals surface area contributed by atoms with Crippen molar-refractivity contribution in [1.29, 1.82) is 0 Å². The van der Waals surface area contributed by atoms with E-state index in [1.807, 2.05) is 0 Å². The number of hydrogen-bond donors (Lipinski definition) is 2. The number of H-pyrrole nitrogens is 1. The second-order valence-electron chi connectivity index (χ2n) is 2.30. The molecule has 1 aromatic rings. The Bertz CT molecular complexity index is 423. The summed E-state index contributed by atoms with van der Waals surface area (Å²) < 4.78 is 36.3. The standard InChI is InChI=1S/C6H3F3N2O3/c7-6(8,9)4-2(5(13)14)1-3(12)10-11-4/h1H,(H,10,12)(H,13,14). The van der Waals surface area contributed by atoms with E-state index >= 15 is 0 Å². The molecule has 1 rings (SSSR count). The highest BCUT2D eigenvalue weighted by molar-refractivity contribution is 5.88. The van der Waals surface area contributed by atoms with Crippen LogP contribution in [0.5, 0.6) is 0 Å². The lowest BCUT2D eigenvalue weighted by atomic mass is 10.2. The first kappa shape index (κ1) is 10.2. The molecular weight excluding hydrogens is 205 g/mol. The molecule has 0 amide bonds. The third kappa shape index (κ3) is 1.90. The Kier molecular flexibility index (Phi) is 2.28. The normalized spacial score (nSPS) is 11.4. The van der Waals surface area contributed by atoms with Crippen LogP contribution in [0, 0.1) is 0 Å². The van der Waals surface area contributed by atoms with Gasteiger partial charge in [0.05, 0.1) is 5.56 Å². The number of aromatic nitrogens is 2. The number of carbonyl (C=O) groups is 1. The number of aromatic amines is 1. The molecule has 5 nitrogen and oxygen atoms in total. The summed E-state index contributed by atoms with van der Waals surface area (Å²) in [4.78, 5) is 20.9. The Hall–Kier alpha value is -1.86. The number of alkyl halides is 3. The molecule has 0 aromatic carbocycles. The summed E-state index contributed by atoms with van der Waals surface area (Å²) in [7, 11) is 0. The van der Waals surface area contributed by atoms with Crippen LogP contribution in [0.25, 0.3) is 0 Å². The molecule has 0 saturated heterocycles. The van der Waals surface area contributed by atoms with E-state index < -0.39 is 29.0 Å². The first-order valence-electron chi connectivity index (χ1n) is 3.22. The maximum Gasteiger partial charge on any atom is 0.435 e. The Balaban J connectivity index is 3.44. The highest BCUT2D eigenvalue weighted by atomic mass is 19.4. The molecule has 0 bridgehead atoms. The van der Waals surface area contributed by atoms with Gasteiger partial charge in [0.1, 0.15) is 0 Å². The molecule has 0 aliphatic carbocycles. The maximum atomic E-state index is 12.1. The number of nitrogens with zero attached hydrogens (tertiary/aromatic N) is 1. The minimum atomic E-state index is -4.90. The predicted octanol–water partition coefficient (Wildman–Crippen LogP) is 0.487. The van der Waals surface area contributed by atoms with Crippen LogP contribution < -0.4 is 5.56 Å². The Morgan fingerprint density at radius 2 is 2.07 bits per heavy atom. The van der Waals surface area contributed by atoms with E-state index in [9.17, 15) is 22.8 Å². The molecule has 14 heavy (non-hydrogen) atoms. The van der Waals surface area contributed by atoms with Crippen LogP contribution in [0.4, 0.5) is 13.2 Å². The van der Waals surface area contributed by atoms with E-state index in [0.29, 0.717) is 6.07 Å². The number of halogens is 3. The van der Waals surface area contributed by atoms with E-state index in [2.05, 4.69) is 5.10 Å². The van der Waals surface area contributed by atoms with Crippen molar-refractivity contribution in [3.63, 3.8) is 0 Å². The van der Waals surface area contributed by atoms with E-state index in [0.717, 1.165) is 0 Å². The summed E-state index contributed by atoms with van der Waals surface area (Å²) in [6, 6.07) is 0.332. The van der Waals surface area contributed by atoms with Crippen molar-refractivity contribution in [2.24, 2.45) is 0 Å². The fraction of sp³-hybridized carbons (Fsp3) is 0.167. The summed E-state index contributed by atoms with van der Waals surface area (Å²) in [5.41, 5.74) is -3.79. The number of carboxylic acid groups (broad SMARTS) is 1. The van der Waals surface area contributed by atoms with Crippen LogP contribution in [0.2, 0.25) is 0 Å². The Labute approximate surface area is 74.2 Å². The fourth-order valence-electron chi connectivity index (χ4n) is 0.782. The lowest BCUT2D eigenvalue weighted by Crippen LogP contribution is -2.21. The smallest absolute Gasteiger partial charge is 0.435 e. The van der Waals surface area contributed by atoms with Crippen molar-refractivity contribution in [3.8, 4) is 0 Å². The molecule has 0 spiro atoms. The van der Waals surface area contributed by atoms with Gasteiger partial charge in [-0.25, -0.2) is 9.89 Å². The van der Waals surface area contributed by atoms with Crippen LogP contribution in [0.3, 0.4) is 0 Å². The molecule has 0 radical (unpaired) electrons. The highest BCUT2D eigenvalue weighted by Gasteiger charge is 2.37. The van der Waals surface area contributed by atoms with Crippen molar-refractivity contribution in [2.45, 2.75) is 6.18 Å². The Morgan fingerprint density at radius 1 is 1.50 bits per heavy atom. The quantitative estimate of drug-likeness (QED) is 0.703. The second kappa shape index (κ2) is 3.13. The van der Waals surface area contributed by atoms with Gasteiger partial charge in [-0.15, -0.1) is 0 Å². The van der Waals surface area contributed by atoms with Crippen molar-refractivity contribution in [2.75, 3.05) is 0 Å². The number of nitrogens with one attached hydrogen (secondary N) is 1. The average Bonchev–Trinajstić information content (AvgIpc) is 2.01. The zero-order chi connectivity index (χ0) is 10.9. The topological polar surface area (TPSA) is 83.0 Å². The molecule has 0 saturated carbocycles. The molecular formula is C6H3F3N2O3. The first-order chi connectivity index (χ1) is 6.32. The molecule has 1 heterocycles. The van der Waals surface area contributed by atoms with Gasteiger partial charge in [-0.1, -0.05) is 0 Å². The molecule has 0 aliphatic rings. The van der Waals surface area contributed by atoms with Gasteiger partial charge in [-0.3, -0.25) is 4.79 Å². The van der Waals surface area contributed by atoms with Gasteiger partial charge in [-0.2, -0.15) is 18.3 Å². The summed E-state index contributed by atoms with van der Waals surface area (Å²) in [6.07, 6.45) is -4.90. The Morgan fingerprint density at radius 3 is 2.50 bits per heavy atom. The summed E-state index contributed by atoms with van der Waals surface area (Å²) in [5, 5.41) is 12.5. The van der Waals surface area contributed by atoms with E-state index in [-0.39, 0.29) is 0 Å². The van der Waals surface area contributed by atoms with Crippen LogP contribution in [0.1, 0.15) is 16.1 Å². The highest BCUT2D eigenvalue weighted by Crippen LogP contribution is 2.28. The number of rotatable bonds is 1. The zero-order valence-corrected chi connectivity index (χ0v) is 6.42. The van der Waals surface area contributed by atoms with Crippen LogP contribution in [-0.2, 0) is 6.18 Å². The minimum Gasteiger partial charge on any atom is -0.478 e. The molecule has 0 aliphatic heterocycles. The predicted molar refractivity (Wildman–Crippen MR) is 36.8 cm³/mol. The van der Waals surface area contributed by atoms with E-state index in [1.165, 1.54) is 5.10 Å². The monoisotopic (exact) mass is 208 g/mol. The largest absolute Gasteiger partial charge is 0.478 e. The third-order valence-electron chi connectivity index (χ3n) is 1.31. The van der Waals surface area contributed by atoms with Gasteiger partial charge in [0.2, 0.25) is 0 Å². The van der Waals surface area contributed by atoms with Crippen molar-refractivity contribution in [3.05, 3.63) is 27.7 Å². The lowest BCUT2D eigenvalue weighted by Gasteiger charge is -2.06. The van der Waals surface area contributed by atoms with Crippen molar-refractivity contribution >= 4 is 5.97 Å². The van der Waals surface area contributed by atoms with Gasteiger partial charge >= 0.3 is 12.1 Å². The van der Waals surface area contributed by atoms with Gasteiger partial charge in [0, 0.05) is 6.07 Å². The second-order valence-corrected chi connectivity index (χ2v) is 2.30. The van der Waals surface area contributed by atoms with Crippen LogP contribution in [0.15, 0.2) is 10.9 Å². The fourth-order valence-corrected chi connectivity index (χ4v) is 0.782. The molecule has 0 fully saturated rings. The number of aromatic carboxylic acids is 1. The number of carboxylic acids is 1. The SMILES string of the molecule is O=C(O)c1cc(=O)[nH]nc1C(F)(F)F. The minimum absolute atomic E-state index is 0.332. The molecule has 76 valence electrons. The van der Waals surface area contributed by atoms with Gasteiger partial charge in [0.25, 0.3) is 5.56 Å². The van der Waals surface area contributed by atoms with Crippen LogP contribution >= 0.6 is 0 Å². The summed E-state index contributed by atoms with van der Waals surface area (Å²) >= 11 is 0.